The Bertz CT molecular complexity index is 643. The summed E-state index contributed by atoms with van der Waals surface area (Å²) >= 11 is 5.98. The molecular weight excluding hydrogens is 326 g/mol. The Labute approximate surface area is 147 Å². The van der Waals surface area contributed by atoms with E-state index < -0.39 is 0 Å². The molecule has 0 bridgehead atoms. The van der Waals surface area contributed by atoms with E-state index in [0.29, 0.717) is 23.7 Å². The first-order valence-electron chi connectivity index (χ1n) is 8.09. The van der Waals surface area contributed by atoms with Crippen molar-refractivity contribution in [1.29, 1.82) is 0 Å². The molecule has 1 N–H and O–H groups in total. The van der Waals surface area contributed by atoms with E-state index in [2.05, 4.69) is 12.2 Å². The first-order valence-corrected chi connectivity index (χ1v) is 8.47. The topological polar surface area (TPSA) is 47.6 Å². The van der Waals surface area contributed by atoms with Gasteiger partial charge in [0.25, 0.3) is 5.91 Å². The maximum atomic E-state index is 12.0. The van der Waals surface area contributed by atoms with Gasteiger partial charge in [0.1, 0.15) is 18.1 Å². The molecule has 0 atom stereocenters. The monoisotopic (exact) mass is 347 g/mol. The zero-order valence-corrected chi connectivity index (χ0v) is 14.5. The second-order valence-corrected chi connectivity index (χ2v) is 5.66. The van der Waals surface area contributed by atoms with Crippen LogP contribution in [0.4, 0.5) is 0 Å². The Morgan fingerprint density at radius 3 is 2.25 bits per heavy atom. The summed E-state index contributed by atoms with van der Waals surface area (Å²) < 4.78 is 11.2. The normalized spacial score (nSPS) is 10.2. The van der Waals surface area contributed by atoms with Gasteiger partial charge in [-0.25, -0.2) is 0 Å². The maximum absolute atomic E-state index is 12.0. The van der Waals surface area contributed by atoms with E-state index in [9.17, 15) is 4.79 Å². The molecule has 24 heavy (non-hydrogen) atoms. The second-order valence-electron chi connectivity index (χ2n) is 5.26. The highest BCUT2D eigenvalue weighted by Crippen LogP contribution is 2.18. The molecule has 2 aromatic rings. The van der Waals surface area contributed by atoms with Crippen LogP contribution in [-0.2, 0) is 0 Å². The SMILES string of the molecule is CCCCOc1ccc(OCCNC(=O)c2ccccc2Cl)cc1. The highest BCUT2D eigenvalue weighted by atomic mass is 35.5. The number of rotatable bonds is 9. The van der Waals surface area contributed by atoms with Gasteiger partial charge >= 0.3 is 0 Å². The summed E-state index contributed by atoms with van der Waals surface area (Å²) in [5, 5.41) is 3.22. The summed E-state index contributed by atoms with van der Waals surface area (Å²) in [4.78, 5) is 12.0. The van der Waals surface area contributed by atoms with E-state index >= 15 is 0 Å². The van der Waals surface area contributed by atoms with Crippen molar-refractivity contribution in [3.05, 3.63) is 59.1 Å². The first kappa shape index (κ1) is 18.1. The molecule has 0 saturated heterocycles. The van der Waals surface area contributed by atoms with Gasteiger partial charge in [-0.3, -0.25) is 4.79 Å². The van der Waals surface area contributed by atoms with Gasteiger partial charge in [-0.2, -0.15) is 0 Å². The lowest BCUT2D eigenvalue weighted by molar-refractivity contribution is 0.0947. The molecule has 0 spiro atoms. The zero-order chi connectivity index (χ0) is 17.2. The summed E-state index contributed by atoms with van der Waals surface area (Å²) in [6.07, 6.45) is 2.16. The molecule has 2 aromatic carbocycles. The molecule has 0 aromatic heterocycles. The van der Waals surface area contributed by atoms with Crippen LogP contribution in [0.2, 0.25) is 5.02 Å². The quantitative estimate of drug-likeness (QED) is 0.687. The minimum atomic E-state index is -0.205. The molecule has 4 nitrogen and oxygen atoms in total. The minimum absolute atomic E-state index is 0.205. The molecule has 0 radical (unpaired) electrons. The van der Waals surface area contributed by atoms with Gasteiger partial charge in [0, 0.05) is 0 Å². The van der Waals surface area contributed by atoms with E-state index in [1.807, 2.05) is 24.3 Å². The Kier molecular flexibility index (Phi) is 7.43. The fourth-order valence-corrected chi connectivity index (χ4v) is 2.26. The summed E-state index contributed by atoms with van der Waals surface area (Å²) in [6.45, 7) is 3.64. The van der Waals surface area contributed by atoms with Gasteiger partial charge < -0.3 is 14.8 Å². The molecule has 5 heteroatoms. The van der Waals surface area contributed by atoms with Crippen molar-refractivity contribution >= 4 is 17.5 Å². The average molecular weight is 348 g/mol. The predicted octanol–water partition coefficient (Wildman–Crippen LogP) is 4.33. The fourth-order valence-electron chi connectivity index (χ4n) is 2.04. The third-order valence-corrected chi connectivity index (χ3v) is 3.69. The van der Waals surface area contributed by atoms with Crippen LogP contribution < -0.4 is 14.8 Å². The number of carbonyl (C=O) groups excluding carboxylic acids is 1. The molecular formula is C19H22ClNO3. The van der Waals surface area contributed by atoms with Crippen molar-refractivity contribution in [2.24, 2.45) is 0 Å². The van der Waals surface area contributed by atoms with Crippen molar-refractivity contribution in [2.45, 2.75) is 19.8 Å². The molecule has 0 aliphatic carbocycles. The summed E-state index contributed by atoms with van der Waals surface area (Å²) in [7, 11) is 0. The number of nitrogens with one attached hydrogen (secondary N) is 1. The van der Waals surface area contributed by atoms with Crippen LogP contribution in [0.3, 0.4) is 0 Å². The Morgan fingerprint density at radius 1 is 1.00 bits per heavy atom. The highest BCUT2D eigenvalue weighted by Gasteiger charge is 2.08. The van der Waals surface area contributed by atoms with E-state index in [1.54, 1.807) is 24.3 Å². The van der Waals surface area contributed by atoms with Crippen LogP contribution in [0.1, 0.15) is 30.1 Å². The lowest BCUT2D eigenvalue weighted by Crippen LogP contribution is -2.28. The smallest absolute Gasteiger partial charge is 0.252 e. The largest absolute Gasteiger partial charge is 0.494 e. The van der Waals surface area contributed by atoms with E-state index in [1.165, 1.54) is 0 Å². The van der Waals surface area contributed by atoms with Crippen molar-refractivity contribution in [1.82, 2.24) is 5.32 Å². The molecule has 0 unspecified atom stereocenters. The molecule has 0 fully saturated rings. The number of hydrogen-bond donors (Lipinski definition) is 1. The van der Waals surface area contributed by atoms with Gasteiger partial charge in [0.05, 0.1) is 23.7 Å². The van der Waals surface area contributed by atoms with Crippen LogP contribution >= 0.6 is 11.6 Å². The molecule has 0 heterocycles. The van der Waals surface area contributed by atoms with Crippen LogP contribution in [0.5, 0.6) is 11.5 Å². The minimum Gasteiger partial charge on any atom is -0.494 e. The number of amides is 1. The van der Waals surface area contributed by atoms with Crippen molar-refractivity contribution in [3.63, 3.8) is 0 Å². The number of halogens is 1. The van der Waals surface area contributed by atoms with Crippen molar-refractivity contribution in [2.75, 3.05) is 19.8 Å². The third-order valence-electron chi connectivity index (χ3n) is 3.37. The van der Waals surface area contributed by atoms with Crippen LogP contribution in [0.25, 0.3) is 0 Å². The average Bonchev–Trinajstić information content (AvgIpc) is 2.60. The van der Waals surface area contributed by atoms with Gasteiger partial charge in [-0.1, -0.05) is 37.1 Å². The fraction of sp³-hybridized carbons (Fsp3) is 0.316. The van der Waals surface area contributed by atoms with Gasteiger partial charge in [-0.05, 0) is 42.8 Å². The number of unbranched alkanes of at least 4 members (excludes halogenated alkanes) is 1. The molecule has 0 saturated carbocycles. The Morgan fingerprint density at radius 2 is 1.62 bits per heavy atom. The summed E-state index contributed by atoms with van der Waals surface area (Å²) in [6, 6.07) is 14.4. The third kappa shape index (κ3) is 5.78. The van der Waals surface area contributed by atoms with Crippen LogP contribution in [-0.4, -0.2) is 25.7 Å². The molecule has 0 aliphatic heterocycles. The molecule has 2 rings (SSSR count). The lowest BCUT2D eigenvalue weighted by atomic mass is 10.2. The highest BCUT2D eigenvalue weighted by molar-refractivity contribution is 6.33. The first-order chi connectivity index (χ1) is 11.7. The molecule has 1 amide bonds. The predicted molar refractivity (Wildman–Crippen MR) is 96.1 cm³/mol. The van der Waals surface area contributed by atoms with Gasteiger partial charge in [-0.15, -0.1) is 0 Å². The van der Waals surface area contributed by atoms with Gasteiger partial charge in [0.2, 0.25) is 0 Å². The lowest BCUT2D eigenvalue weighted by Gasteiger charge is -2.10. The number of benzene rings is 2. The summed E-state index contributed by atoms with van der Waals surface area (Å²) in [5.41, 5.74) is 0.466. The standard InChI is InChI=1S/C19H22ClNO3/c1-2-3-13-23-15-8-10-16(11-9-15)24-14-12-21-19(22)17-6-4-5-7-18(17)20/h4-11H,2-3,12-14H2,1H3,(H,21,22). The second kappa shape index (κ2) is 9.83. The van der Waals surface area contributed by atoms with E-state index in [-0.39, 0.29) is 5.91 Å². The van der Waals surface area contributed by atoms with Crippen molar-refractivity contribution < 1.29 is 14.3 Å². The van der Waals surface area contributed by atoms with Crippen LogP contribution in [0, 0.1) is 0 Å². The molecule has 0 aliphatic rings. The number of hydrogen-bond acceptors (Lipinski definition) is 3. The van der Waals surface area contributed by atoms with Crippen LogP contribution in [0.15, 0.2) is 48.5 Å². The number of carbonyl (C=O) groups is 1. The van der Waals surface area contributed by atoms with E-state index in [4.69, 9.17) is 21.1 Å². The van der Waals surface area contributed by atoms with E-state index in [0.717, 1.165) is 30.9 Å². The Balaban J connectivity index is 1.70. The summed E-state index contributed by atoms with van der Waals surface area (Å²) in [5.74, 6) is 1.37. The molecule has 128 valence electrons. The number of ether oxygens (including phenoxy) is 2. The Hall–Kier alpha value is -2.20. The van der Waals surface area contributed by atoms with Crippen molar-refractivity contribution in [3.8, 4) is 11.5 Å². The van der Waals surface area contributed by atoms with Gasteiger partial charge in [0.15, 0.2) is 0 Å². The zero-order valence-electron chi connectivity index (χ0n) is 13.8. The maximum Gasteiger partial charge on any atom is 0.252 e.